The lowest BCUT2D eigenvalue weighted by Gasteiger charge is -2.28. The topological polar surface area (TPSA) is 20.3 Å². The lowest BCUT2D eigenvalue weighted by molar-refractivity contribution is -0.117. The molecule has 2 aromatic carbocycles. The van der Waals surface area contributed by atoms with Gasteiger partial charge in [-0.15, -0.1) is 0 Å². The monoisotopic (exact) mass is 437 g/mol. The van der Waals surface area contributed by atoms with E-state index in [1.165, 1.54) is 54.7 Å². The maximum absolute atomic E-state index is 12.7. The summed E-state index contributed by atoms with van der Waals surface area (Å²) in [4.78, 5) is 15.2. The molecule has 0 saturated carbocycles. The first-order chi connectivity index (χ1) is 16.0. The number of hydrogen-bond acceptors (Lipinski definition) is 2. The predicted molar refractivity (Wildman–Crippen MR) is 140 cm³/mol. The zero-order valence-corrected chi connectivity index (χ0v) is 20.0. The van der Waals surface area contributed by atoms with Crippen LogP contribution in [0.15, 0.2) is 102 Å². The van der Waals surface area contributed by atoms with Gasteiger partial charge in [-0.2, -0.15) is 0 Å². The number of benzene rings is 2. The van der Waals surface area contributed by atoms with Gasteiger partial charge in [0.1, 0.15) is 0 Å². The summed E-state index contributed by atoms with van der Waals surface area (Å²) in [6, 6.07) is 19.3. The van der Waals surface area contributed by atoms with E-state index in [4.69, 9.17) is 0 Å². The van der Waals surface area contributed by atoms with E-state index < -0.39 is 0 Å². The zero-order chi connectivity index (χ0) is 23.2. The Labute approximate surface area is 199 Å². The van der Waals surface area contributed by atoms with E-state index in [2.05, 4.69) is 73.9 Å². The first-order valence-electron chi connectivity index (χ1n) is 12.2. The molecule has 0 bridgehead atoms. The van der Waals surface area contributed by atoms with Crippen LogP contribution in [0, 0.1) is 5.92 Å². The van der Waals surface area contributed by atoms with Crippen molar-refractivity contribution in [3.05, 3.63) is 113 Å². The Hall–Kier alpha value is -3.13. The summed E-state index contributed by atoms with van der Waals surface area (Å²) in [6.07, 6.45) is 12.8. The minimum absolute atomic E-state index is 0.100. The molecule has 2 heteroatoms. The van der Waals surface area contributed by atoms with Crippen molar-refractivity contribution < 1.29 is 4.79 Å². The van der Waals surface area contributed by atoms with Gasteiger partial charge in [-0.05, 0) is 79.0 Å². The van der Waals surface area contributed by atoms with Gasteiger partial charge in [-0.3, -0.25) is 4.79 Å². The third-order valence-corrected chi connectivity index (χ3v) is 6.99. The first kappa shape index (κ1) is 23.0. The molecule has 2 unspecified atom stereocenters. The molecule has 0 aromatic heterocycles. The second-order valence-electron chi connectivity index (χ2n) is 9.46. The highest BCUT2D eigenvalue weighted by atomic mass is 16.1. The van der Waals surface area contributed by atoms with Crippen LogP contribution >= 0.6 is 0 Å². The molecule has 1 saturated heterocycles. The Morgan fingerprint density at radius 3 is 2.42 bits per heavy atom. The van der Waals surface area contributed by atoms with Gasteiger partial charge in [0.15, 0.2) is 5.78 Å². The molecule has 1 aliphatic carbocycles. The molecule has 2 atom stereocenters. The van der Waals surface area contributed by atoms with E-state index in [1.807, 2.05) is 24.3 Å². The Morgan fingerprint density at radius 2 is 1.73 bits per heavy atom. The summed E-state index contributed by atoms with van der Waals surface area (Å²) in [5, 5.41) is 0. The number of nitrogens with zero attached hydrogens (tertiary/aromatic N) is 1. The molecular formula is C31H35NO. The Bertz CT molecular complexity index is 1070. The largest absolute Gasteiger partial charge is 0.372 e. The fourth-order valence-electron chi connectivity index (χ4n) is 4.98. The fraction of sp³-hybridized carbons (Fsp3) is 0.323. The van der Waals surface area contributed by atoms with Gasteiger partial charge in [0.2, 0.25) is 0 Å². The number of carbonyl (C=O) groups is 1. The van der Waals surface area contributed by atoms with Gasteiger partial charge in [0, 0.05) is 18.8 Å². The Kier molecular flexibility index (Phi) is 7.44. The second-order valence-corrected chi connectivity index (χ2v) is 9.46. The van der Waals surface area contributed by atoms with E-state index >= 15 is 0 Å². The smallest absolute Gasteiger partial charge is 0.163 e. The van der Waals surface area contributed by atoms with Crippen LogP contribution < -0.4 is 4.90 Å². The summed E-state index contributed by atoms with van der Waals surface area (Å²) in [5.74, 6) is 0.0331. The van der Waals surface area contributed by atoms with E-state index in [1.54, 1.807) is 6.08 Å². The third-order valence-electron chi connectivity index (χ3n) is 6.99. The van der Waals surface area contributed by atoms with Crippen molar-refractivity contribution in [2.75, 3.05) is 18.0 Å². The molecule has 2 aromatic rings. The van der Waals surface area contributed by atoms with Gasteiger partial charge in [0.05, 0.1) is 5.92 Å². The first-order valence-corrected chi connectivity index (χ1v) is 12.2. The normalized spacial score (nSPS) is 21.5. The minimum Gasteiger partial charge on any atom is -0.372 e. The number of piperidine rings is 1. The van der Waals surface area contributed by atoms with Crippen LogP contribution in [-0.2, 0) is 11.2 Å². The van der Waals surface area contributed by atoms with E-state index in [9.17, 15) is 4.79 Å². The standard InChI is InChI=1S/C31H35NO/c1-23(22-26-13-17-29(18-14-26)32-20-8-5-9-21-32)12-15-28-16-19-30(33)31(25(28)3)24(2)27-10-6-4-7-11-27/h4,6-7,10-19,24,31H,3,5,8-9,20-22H2,1-2H3/b23-12+,28-15-. The summed E-state index contributed by atoms with van der Waals surface area (Å²) >= 11 is 0. The van der Waals surface area contributed by atoms with Crippen molar-refractivity contribution in [2.45, 2.75) is 45.4 Å². The summed E-state index contributed by atoms with van der Waals surface area (Å²) in [7, 11) is 0. The van der Waals surface area contributed by atoms with Gasteiger partial charge < -0.3 is 4.90 Å². The molecule has 1 aliphatic heterocycles. The highest BCUT2D eigenvalue weighted by Gasteiger charge is 2.30. The average molecular weight is 438 g/mol. The quantitative estimate of drug-likeness (QED) is 0.476. The number of carbonyl (C=O) groups excluding carboxylic acids is 1. The van der Waals surface area contributed by atoms with Crippen LogP contribution in [0.25, 0.3) is 0 Å². The van der Waals surface area contributed by atoms with Gasteiger partial charge in [-0.1, -0.05) is 79.8 Å². The van der Waals surface area contributed by atoms with Crippen LogP contribution in [0.5, 0.6) is 0 Å². The number of ketones is 1. The highest BCUT2D eigenvalue weighted by molar-refractivity contribution is 5.98. The van der Waals surface area contributed by atoms with Crippen molar-refractivity contribution in [3.63, 3.8) is 0 Å². The van der Waals surface area contributed by atoms with E-state index in [0.717, 1.165) is 17.6 Å². The van der Waals surface area contributed by atoms with Crippen LogP contribution in [0.3, 0.4) is 0 Å². The molecule has 0 radical (unpaired) electrons. The molecule has 33 heavy (non-hydrogen) atoms. The van der Waals surface area contributed by atoms with Crippen LogP contribution in [0.1, 0.15) is 50.2 Å². The highest BCUT2D eigenvalue weighted by Crippen LogP contribution is 2.36. The fourth-order valence-corrected chi connectivity index (χ4v) is 4.98. The molecule has 0 amide bonds. The molecular weight excluding hydrogens is 402 g/mol. The predicted octanol–water partition coefficient (Wildman–Crippen LogP) is 7.21. The number of anilines is 1. The maximum Gasteiger partial charge on any atom is 0.163 e. The SMILES string of the molecule is C=C1/C(=C\C=C(/C)Cc2ccc(N3CCCCC3)cc2)C=CC(=O)C1C(C)c1ccccc1. The van der Waals surface area contributed by atoms with Crippen molar-refractivity contribution >= 4 is 11.5 Å². The molecule has 4 rings (SSSR count). The molecule has 1 heterocycles. The second kappa shape index (κ2) is 10.7. The van der Waals surface area contributed by atoms with Gasteiger partial charge in [0.25, 0.3) is 0 Å². The minimum atomic E-state index is -0.209. The molecule has 0 N–H and O–H groups in total. The number of allylic oxidation sites excluding steroid dienone is 7. The van der Waals surface area contributed by atoms with Crippen molar-refractivity contribution in [2.24, 2.45) is 5.92 Å². The van der Waals surface area contributed by atoms with Crippen LogP contribution in [-0.4, -0.2) is 18.9 Å². The van der Waals surface area contributed by atoms with Gasteiger partial charge in [-0.25, -0.2) is 0 Å². The lowest BCUT2D eigenvalue weighted by atomic mass is 9.75. The average Bonchev–Trinajstić information content (AvgIpc) is 2.85. The van der Waals surface area contributed by atoms with Gasteiger partial charge >= 0.3 is 0 Å². The lowest BCUT2D eigenvalue weighted by Crippen LogP contribution is -2.29. The Morgan fingerprint density at radius 1 is 1.03 bits per heavy atom. The van der Waals surface area contributed by atoms with E-state index in [0.29, 0.717) is 0 Å². The Balaban J connectivity index is 1.43. The maximum atomic E-state index is 12.7. The molecule has 170 valence electrons. The summed E-state index contributed by atoms with van der Waals surface area (Å²) in [6.45, 7) is 11.0. The van der Waals surface area contributed by atoms with Crippen LogP contribution in [0.4, 0.5) is 5.69 Å². The molecule has 1 fully saturated rings. The summed E-state index contributed by atoms with van der Waals surface area (Å²) < 4.78 is 0. The van der Waals surface area contributed by atoms with Crippen molar-refractivity contribution in [3.8, 4) is 0 Å². The zero-order valence-electron chi connectivity index (χ0n) is 20.0. The van der Waals surface area contributed by atoms with Crippen molar-refractivity contribution in [1.82, 2.24) is 0 Å². The summed E-state index contributed by atoms with van der Waals surface area (Å²) in [5.41, 5.74) is 7.09. The third kappa shape index (κ3) is 5.63. The molecule has 0 spiro atoms. The molecule has 2 nitrogen and oxygen atoms in total. The van der Waals surface area contributed by atoms with Crippen molar-refractivity contribution in [1.29, 1.82) is 0 Å². The number of hydrogen-bond donors (Lipinski definition) is 0. The van der Waals surface area contributed by atoms with Crippen LogP contribution in [0.2, 0.25) is 0 Å². The molecule has 2 aliphatic rings. The van der Waals surface area contributed by atoms with E-state index in [-0.39, 0.29) is 17.6 Å². The number of rotatable bonds is 6.